The Bertz CT molecular complexity index is 635. The van der Waals surface area contributed by atoms with Gasteiger partial charge in [-0.3, -0.25) is 9.59 Å². The van der Waals surface area contributed by atoms with Gasteiger partial charge >= 0.3 is 5.97 Å². The van der Waals surface area contributed by atoms with Gasteiger partial charge in [-0.1, -0.05) is 55.8 Å². The molecule has 0 bridgehead atoms. The minimum Gasteiger partial charge on any atom is -0.464 e. The van der Waals surface area contributed by atoms with Crippen LogP contribution in [0.5, 0.6) is 0 Å². The molecule has 0 aromatic heterocycles. The molecule has 2 aromatic rings. The molecule has 1 amide bonds. The van der Waals surface area contributed by atoms with Crippen molar-refractivity contribution in [2.75, 3.05) is 13.2 Å². The highest BCUT2D eigenvalue weighted by Gasteiger charge is 2.09. The maximum atomic E-state index is 12.0. The summed E-state index contributed by atoms with van der Waals surface area (Å²) in [5.41, 5.74) is 2.66. The average Bonchev–Trinajstić information content (AvgIpc) is 2.61. The molecule has 0 atom stereocenters. The second-order valence-corrected chi connectivity index (χ2v) is 5.20. The Morgan fingerprint density at radius 3 is 2.26 bits per heavy atom. The van der Waals surface area contributed by atoms with Crippen LogP contribution in [-0.4, -0.2) is 25.0 Å². The van der Waals surface area contributed by atoms with Gasteiger partial charge in [0.05, 0.1) is 6.61 Å². The molecule has 0 saturated carbocycles. The first-order valence-electron chi connectivity index (χ1n) is 7.80. The molecule has 2 aromatic carbocycles. The molecule has 0 aliphatic heterocycles. The van der Waals surface area contributed by atoms with Gasteiger partial charge in [0.25, 0.3) is 5.91 Å². The molecule has 0 unspecified atom stereocenters. The summed E-state index contributed by atoms with van der Waals surface area (Å²) in [6, 6.07) is 17.2. The van der Waals surface area contributed by atoms with E-state index in [9.17, 15) is 9.59 Å². The zero-order valence-electron chi connectivity index (χ0n) is 13.2. The average molecular weight is 311 g/mol. The van der Waals surface area contributed by atoms with Crippen LogP contribution in [0.1, 0.15) is 30.1 Å². The highest BCUT2D eigenvalue weighted by molar-refractivity contribution is 5.96. The number of hydrogen-bond donors (Lipinski definition) is 1. The van der Waals surface area contributed by atoms with Crippen molar-refractivity contribution in [1.29, 1.82) is 0 Å². The van der Waals surface area contributed by atoms with Gasteiger partial charge in [0.15, 0.2) is 0 Å². The Morgan fingerprint density at radius 2 is 1.61 bits per heavy atom. The van der Waals surface area contributed by atoms with E-state index in [1.165, 1.54) is 0 Å². The van der Waals surface area contributed by atoms with Gasteiger partial charge in [0.2, 0.25) is 0 Å². The van der Waals surface area contributed by atoms with Crippen LogP contribution in [0.2, 0.25) is 0 Å². The Hall–Kier alpha value is -2.62. The first kappa shape index (κ1) is 16.7. The summed E-state index contributed by atoms with van der Waals surface area (Å²) < 4.78 is 4.99. The number of unbranched alkanes of at least 4 members (excludes halogenated alkanes) is 1. The lowest BCUT2D eigenvalue weighted by molar-refractivity contribution is -0.142. The number of rotatable bonds is 7. The lowest BCUT2D eigenvalue weighted by Gasteiger charge is -2.07. The molecule has 2 rings (SSSR count). The first-order valence-corrected chi connectivity index (χ1v) is 7.80. The fraction of sp³-hybridized carbons (Fsp3) is 0.263. The first-order chi connectivity index (χ1) is 11.2. The standard InChI is InChI=1S/C19H21NO3/c1-2-3-13-23-18(21)14-20-19(22)17-11-9-16(10-12-17)15-7-5-4-6-8-15/h4-12H,2-3,13-14H2,1H3,(H,20,22). The van der Waals surface area contributed by atoms with Crippen molar-refractivity contribution < 1.29 is 14.3 Å². The van der Waals surface area contributed by atoms with Crippen molar-refractivity contribution in [3.63, 3.8) is 0 Å². The molecule has 1 N–H and O–H groups in total. The fourth-order valence-electron chi connectivity index (χ4n) is 2.08. The summed E-state index contributed by atoms with van der Waals surface area (Å²) in [6.07, 6.45) is 1.80. The fourth-order valence-corrected chi connectivity index (χ4v) is 2.08. The molecule has 0 aliphatic carbocycles. The van der Waals surface area contributed by atoms with Crippen molar-refractivity contribution in [1.82, 2.24) is 5.32 Å². The van der Waals surface area contributed by atoms with Crippen LogP contribution in [0.15, 0.2) is 54.6 Å². The van der Waals surface area contributed by atoms with Crippen LogP contribution in [-0.2, 0) is 9.53 Å². The topological polar surface area (TPSA) is 55.4 Å². The van der Waals surface area contributed by atoms with E-state index < -0.39 is 5.97 Å². The lowest BCUT2D eigenvalue weighted by Crippen LogP contribution is -2.30. The number of carbonyl (C=O) groups is 2. The number of benzene rings is 2. The van der Waals surface area contributed by atoms with E-state index in [2.05, 4.69) is 5.32 Å². The van der Waals surface area contributed by atoms with Gasteiger partial charge in [-0.25, -0.2) is 0 Å². The van der Waals surface area contributed by atoms with E-state index in [0.717, 1.165) is 24.0 Å². The van der Waals surface area contributed by atoms with E-state index in [1.54, 1.807) is 12.1 Å². The van der Waals surface area contributed by atoms with Crippen LogP contribution in [0.4, 0.5) is 0 Å². The molecule has 4 heteroatoms. The molecule has 0 heterocycles. The van der Waals surface area contributed by atoms with Crippen molar-refractivity contribution in [3.8, 4) is 11.1 Å². The van der Waals surface area contributed by atoms with Gasteiger partial charge in [-0.05, 0) is 29.7 Å². The van der Waals surface area contributed by atoms with Gasteiger partial charge in [0, 0.05) is 5.56 Å². The SMILES string of the molecule is CCCCOC(=O)CNC(=O)c1ccc(-c2ccccc2)cc1. The van der Waals surface area contributed by atoms with Crippen molar-refractivity contribution in [2.45, 2.75) is 19.8 Å². The minimum absolute atomic E-state index is 0.108. The Balaban J connectivity index is 1.87. The van der Waals surface area contributed by atoms with Crippen molar-refractivity contribution in [2.24, 2.45) is 0 Å². The Morgan fingerprint density at radius 1 is 0.957 bits per heavy atom. The summed E-state index contributed by atoms with van der Waals surface area (Å²) >= 11 is 0. The van der Waals surface area contributed by atoms with E-state index in [0.29, 0.717) is 12.2 Å². The third-order valence-corrected chi connectivity index (χ3v) is 3.41. The molecule has 0 spiro atoms. The second-order valence-electron chi connectivity index (χ2n) is 5.20. The maximum Gasteiger partial charge on any atom is 0.325 e. The number of amides is 1. The number of ether oxygens (including phenoxy) is 1. The zero-order valence-corrected chi connectivity index (χ0v) is 13.2. The lowest BCUT2D eigenvalue weighted by atomic mass is 10.0. The number of esters is 1. The van der Waals surface area contributed by atoms with E-state index >= 15 is 0 Å². The molecule has 120 valence electrons. The van der Waals surface area contributed by atoms with Crippen molar-refractivity contribution in [3.05, 3.63) is 60.2 Å². The third kappa shape index (κ3) is 5.25. The van der Waals surface area contributed by atoms with Crippen LogP contribution >= 0.6 is 0 Å². The Labute approximate surface area is 136 Å². The summed E-state index contributed by atoms with van der Waals surface area (Å²) in [4.78, 5) is 23.5. The number of carbonyl (C=O) groups excluding carboxylic acids is 2. The zero-order chi connectivity index (χ0) is 16.5. The number of hydrogen-bond acceptors (Lipinski definition) is 3. The predicted octanol–water partition coefficient (Wildman–Crippen LogP) is 3.43. The monoisotopic (exact) mass is 311 g/mol. The van der Waals surface area contributed by atoms with Crippen LogP contribution < -0.4 is 5.32 Å². The van der Waals surface area contributed by atoms with Gasteiger partial charge < -0.3 is 10.1 Å². The van der Waals surface area contributed by atoms with Gasteiger partial charge in [-0.2, -0.15) is 0 Å². The van der Waals surface area contributed by atoms with Crippen LogP contribution in [0, 0.1) is 0 Å². The predicted molar refractivity (Wildman–Crippen MR) is 90.1 cm³/mol. The molecular weight excluding hydrogens is 290 g/mol. The highest BCUT2D eigenvalue weighted by Crippen LogP contribution is 2.19. The Kier molecular flexibility index (Phi) is 6.36. The molecule has 23 heavy (non-hydrogen) atoms. The third-order valence-electron chi connectivity index (χ3n) is 3.41. The molecule has 4 nitrogen and oxygen atoms in total. The summed E-state index contributed by atoms with van der Waals surface area (Å²) in [6.45, 7) is 2.31. The summed E-state index contributed by atoms with van der Waals surface area (Å²) in [5, 5.41) is 2.57. The molecule has 0 radical (unpaired) electrons. The largest absolute Gasteiger partial charge is 0.464 e. The van der Waals surface area contributed by atoms with Gasteiger partial charge in [-0.15, -0.1) is 0 Å². The summed E-state index contributed by atoms with van der Waals surface area (Å²) in [7, 11) is 0. The van der Waals surface area contributed by atoms with Crippen LogP contribution in [0.3, 0.4) is 0 Å². The molecule has 0 aliphatic rings. The number of nitrogens with one attached hydrogen (secondary N) is 1. The normalized spacial score (nSPS) is 10.1. The van der Waals surface area contributed by atoms with Gasteiger partial charge in [0.1, 0.15) is 6.54 Å². The van der Waals surface area contributed by atoms with Crippen molar-refractivity contribution >= 4 is 11.9 Å². The van der Waals surface area contributed by atoms with Crippen LogP contribution in [0.25, 0.3) is 11.1 Å². The highest BCUT2D eigenvalue weighted by atomic mass is 16.5. The molecule has 0 saturated heterocycles. The quantitative estimate of drug-likeness (QED) is 0.629. The van der Waals surface area contributed by atoms with E-state index in [-0.39, 0.29) is 12.5 Å². The smallest absolute Gasteiger partial charge is 0.325 e. The minimum atomic E-state index is -0.410. The van der Waals surface area contributed by atoms with E-state index in [1.807, 2.05) is 49.4 Å². The second kappa shape index (κ2) is 8.73. The molecule has 0 fully saturated rings. The van der Waals surface area contributed by atoms with E-state index in [4.69, 9.17) is 4.74 Å². The maximum absolute atomic E-state index is 12.0. The molecular formula is C19H21NO3. The summed E-state index contributed by atoms with van der Waals surface area (Å²) in [5.74, 6) is -0.690.